The first kappa shape index (κ1) is 13.0. The van der Waals surface area contributed by atoms with E-state index in [9.17, 15) is 0 Å². The lowest BCUT2D eigenvalue weighted by atomic mass is 10.1. The Labute approximate surface area is 101 Å². The summed E-state index contributed by atoms with van der Waals surface area (Å²) in [6.07, 6.45) is 0.171. The van der Waals surface area contributed by atoms with Gasteiger partial charge in [0.1, 0.15) is 0 Å². The van der Waals surface area contributed by atoms with Crippen molar-refractivity contribution in [2.75, 3.05) is 13.2 Å². The van der Waals surface area contributed by atoms with Crippen molar-refractivity contribution in [3.8, 4) is 0 Å². The van der Waals surface area contributed by atoms with Crippen molar-refractivity contribution in [1.82, 2.24) is 5.32 Å². The Hall–Kier alpha value is -0.0900. The minimum absolute atomic E-state index is 0.171. The number of hydrogen-bond donors (Lipinski definition) is 1. The molecular weight excluding hydrogens is 230 g/mol. The number of rotatable bonds is 6. The molecule has 15 heavy (non-hydrogen) atoms. The molecule has 0 aliphatic heterocycles. The van der Waals surface area contributed by atoms with Crippen LogP contribution in [-0.4, -0.2) is 19.3 Å². The average molecular weight is 248 g/mol. The summed E-state index contributed by atoms with van der Waals surface area (Å²) in [5.41, 5.74) is 0. The van der Waals surface area contributed by atoms with Crippen molar-refractivity contribution < 1.29 is 4.74 Å². The van der Waals surface area contributed by atoms with Crippen LogP contribution in [0.4, 0.5) is 0 Å². The standard InChI is InChI=1S/C11H18ClNOS/c1-4-13-11(8(3)14-5-2)9-6-7-10(12)15-9/h6-8,11,13H,4-5H2,1-3H3. The molecule has 0 saturated carbocycles. The molecule has 0 aliphatic carbocycles. The molecule has 0 bridgehead atoms. The van der Waals surface area contributed by atoms with E-state index in [1.807, 2.05) is 13.0 Å². The van der Waals surface area contributed by atoms with Crippen molar-refractivity contribution in [3.63, 3.8) is 0 Å². The van der Waals surface area contributed by atoms with Crippen LogP contribution in [0.3, 0.4) is 0 Å². The van der Waals surface area contributed by atoms with Gasteiger partial charge in [-0.1, -0.05) is 18.5 Å². The maximum Gasteiger partial charge on any atom is 0.0931 e. The van der Waals surface area contributed by atoms with Crippen LogP contribution in [0.25, 0.3) is 0 Å². The summed E-state index contributed by atoms with van der Waals surface area (Å²) in [6, 6.07) is 4.24. The SMILES string of the molecule is CCNC(c1ccc(Cl)s1)C(C)OCC. The zero-order chi connectivity index (χ0) is 11.3. The highest BCUT2D eigenvalue weighted by molar-refractivity contribution is 7.16. The molecule has 0 spiro atoms. The first-order valence-corrected chi connectivity index (χ1v) is 6.48. The van der Waals surface area contributed by atoms with E-state index in [4.69, 9.17) is 16.3 Å². The second-order valence-electron chi connectivity index (χ2n) is 3.34. The second kappa shape index (κ2) is 6.48. The quantitative estimate of drug-likeness (QED) is 0.831. The first-order valence-electron chi connectivity index (χ1n) is 5.29. The molecule has 1 rings (SSSR count). The van der Waals surface area contributed by atoms with E-state index in [2.05, 4.69) is 25.2 Å². The number of hydrogen-bond acceptors (Lipinski definition) is 3. The maximum atomic E-state index is 5.94. The van der Waals surface area contributed by atoms with E-state index in [1.165, 1.54) is 4.88 Å². The van der Waals surface area contributed by atoms with Crippen LogP contribution in [0.1, 0.15) is 31.7 Å². The van der Waals surface area contributed by atoms with Gasteiger partial charge in [0.25, 0.3) is 0 Å². The average Bonchev–Trinajstić information content (AvgIpc) is 2.61. The van der Waals surface area contributed by atoms with Crippen molar-refractivity contribution in [2.24, 2.45) is 0 Å². The highest BCUT2D eigenvalue weighted by Gasteiger charge is 2.20. The topological polar surface area (TPSA) is 21.3 Å². The van der Waals surface area contributed by atoms with Crippen LogP contribution in [0, 0.1) is 0 Å². The van der Waals surface area contributed by atoms with E-state index >= 15 is 0 Å². The summed E-state index contributed by atoms with van der Waals surface area (Å²) in [6.45, 7) is 7.87. The van der Waals surface area contributed by atoms with Crippen molar-refractivity contribution in [2.45, 2.75) is 32.9 Å². The molecule has 2 atom stereocenters. The number of nitrogens with one attached hydrogen (secondary N) is 1. The highest BCUT2D eigenvalue weighted by Crippen LogP contribution is 2.29. The molecule has 1 aromatic rings. The minimum Gasteiger partial charge on any atom is -0.377 e. The van der Waals surface area contributed by atoms with Crippen molar-refractivity contribution in [3.05, 3.63) is 21.3 Å². The molecule has 0 fully saturated rings. The Morgan fingerprint density at radius 2 is 2.20 bits per heavy atom. The van der Waals surface area contributed by atoms with Gasteiger partial charge in [0.2, 0.25) is 0 Å². The maximum absolute atomic E-state index is 5.94. The summed E-state index contributed by atoms with van der Waals surface area (Å²) in [7, 11) is 0. The Morgan fingerprint density at radius 3 is 2.67 bits per heavy atom. The predicted octanol–water partition coefficient (Wildman–Crippen LogP) is 3.48. The van der Waals surface area contributed by atoms with Crippen LogP contribution in [0.15, 0.2) is 12.1 Å². The van der Waals surface area contributed by atoms with Crippen LogP contribution < -0.4 is 5.32 Å². The van der Waals surface area contributed by atoms with E-state index in [1.54, 1.807) is 11.3 Å². The number of likely N-dealkylation sites (N-methyl/N-ethyl adjacent to an activating group) is 1. The van der Waals surface area contributed by atoms with E-state index in [-0.39, 0.29) is 12.1 Å². The third-order valence-corrected chi connectivity index (χ3v) is 3.54. The Balaban J connectivity index is 2.72. The fourth-order valence-electron chi connectivity index (χ4n) is 1.57. The fraction of sp³-hybridized carbons (Fsp3) is 0.636. The number of ether oxygens (including phenoxy) is 1. The molecule has 1 N–H and O–H groups in total. The number of halogens is 1. The van der Waals surface area contributed by atoms with Crippen LogP contribution in [0.5, 0.6) is 0 Å². The van der Waals surface area contributed by atoms with Gasteiger partial charge in [-0.25, -0.2) is 0 Å². The zero-order valence-corrected chi connectivity index (χ0v) is 11.0. The lowest BCUT2D eigenvalue weighted by Gasteiger charge is -2.23. The summed E-state index contributed by atoms with van der Waals surface area (Å²) < 4.78 is 6.45. The molecule has 0 saturated heterocycles. The van der Waals surface area contributed by atoms with Crippen molar-refractivity contribution >= 4 is 22.9 Å². The van der Waals surface area contributed by atoms with E-state index < -0.39 is 0 Å². The van der Waals surface area contributed by atoms with Gasteiger partial charge in [0.15, 0.2) is 0 Å². The second-order valence-corrected chi connectivity index (χ2v) is 5.08. The molecule has 1 heterocycles. The minimum atomic E-state index is 0.171. The molecule has 0 amide bonds. The normalized spacial score (nSPS) is 15.2. The predicted molar refractivity (Wildman–Crippen MR) is 66.8 cm³/mol. The van der Waals surface area contributed by atoms with Gasteiger partial charge in [-0.15, -0.1) is 11.3 Å². The Bertz CT molecular complexity index is 290. The molecule has 0 radical (unpaired) electrons. The van der Waals surface area contributed by atoms with Gasteiger partial charge >= 0.3 is 0 Å². The smallest absolute Gasteiger partial charge is 0.0931 e. The molecule has 2 nitrogen and oxygen atoms in total. The molecular formula is C11H18ClNOS. The fourth-order valence-corrected chi connectivity index (χ4v) is 2.80. The third-order valence-electron chi connectivity index (χ3n) is 2.22. The largest absolute Gasteiger partial charge is 0.377 e. The van der Waals surface area contributed by atoms with Crippen LogP contribution in [-0.2, 0) is 4.74 Å². The number of thiophene rings is 1. The monoisotopic (exact) mass is 247 g/mol. The van der Waals surface area contributed by atoms with Crippen LogP contribution >= 0.6 is 22.9 Å². The van der Waals surface area contributed by atoms with Crippen molar-refractivity contribution in [1.29, 1.82) is 0 Å². The Morgan fingerprint density at radius 1 is 1.47 bits per heavy atom. The molecule has 1 aromatic heterocycles. The van der Waals surface area contributed by atoms with Gasteiger partial charge in [0.05, 0.1) is 16.5 Å². The molecule has 86 valence electrons. The summed E-state index contributed by atoms with van der Waals surface area (Å²) in [5.74, 6) is 0. The molecule has 0 aliphatic rings. The van der Waals surface area contributed by atoms with Crippen LogP contribution in [0.2, 0.25) is 4.34 Å². The summed E-state index contributed by atoms with van der Waals surface area (Å²) >= 11 is 7.55. The van der Waals surface area contributed by atoms with E-state index in [0.717, 1.165) is 17.5 Å². The molecule has 0 aromatic carbocycles. The van der Waals surface area contributed by atoms with Gasteiger partial charge in [-0.2, -0.15) is 0 Å². The third kappa shape index (κ3) is 3.76. The first-order chi connectivity index (χ1) is 7.19. The lowest BCUT2D eigenvalue weighted by molar-refractivity contribution is 0.0486. The van der Waals surface area contributed by atoms with Gasteiger partial charge < -0.3 is 10.1 Å². The highest BCUT2D eigenvalue weighted by atomic mass is 35.5. The van der Waals surface area contributed by atoms with Gasteiger partial charge in [-0.05, 0) is 32.5 Å². The van der Waals surface area contributed by atoms with Gasteiger partial charge in [-0.3, -0.25) is 0 Å². The Kier molecular flexibility index (Phi) is 5.61. The van der Waals surface area contributed by atoms with Gasteiger partial charge in [0, 0.05) is 11.5 Å². The lowest BCUT2D eigenvalue weighted by Crippen LogP contribution is -2.31. The summed E-state index contributed by atoms with van der Waals surface area (Å²) in [4.78, 5) is 1.24. The van der Waals surface area contributed by atoms with E-state index in [0.29, 0.717) is 0 Å². The zero-order valence-electron chi connectivity index (χ0n) is 9.42. The molecule has 4 heteroatoms. The molecule has 2 unspecified atom stereocenters. The summed E-state index contributed by atoms with van der Waals surface area (Å²) in [5, 5.41) is 3.42.